The predicted molar refractivity (Wildman–Crippen MR) is 112 cm³/mol. The lowest BCUT2D eigenvalue weighted by Crippen LogP contribution is -2.49. The van der Waals surface area contributed by atoms with E-state index < -0.39 is 0 Å². The van der Waals surface area contributed by atoms with Gasteiger partial charge < -0.3 is 14.4 Å². The number of fused-ring (bicyclic) bond motifs is 1. The van der Waals surface area contributed by atoms with E-state index in [0.29, 0.717) is 18.1 Å². The Balaban J connectivity index is 1.57. The van der Waals surface area contributed by atoms with E-state index in [2.05, 4.69) is 16.4 Å². The van der Waals surface area contributed by atoms with Gasteiger partial charge in [-0.15, -0.1) is 0 Å². The van der Waals surface area contributed by atoms with Crippen LogP contribution in [-0.2, 0) is 6.54 Å². The van der Waals surface area contributed by atoms with Crippen LogP contribution in [0, 0.1) is 12.7 Å². The minimum absolute atomic E-state index is 0.0606. The molecule has 146 valence electrons. The van der Waals surface area contributed by atoms with Crippen LogP contribution in [0.5, 0.6) is 0 Å². The normalized spacial score (nSPS) is 14.7. The number of benzene rings is 2. The lowest BCUT2D eigenvalue weighted by atomic mass is 10.1. The molecule has 1 amide bonds. The van der Waals surface area contributed by atoms with Crippen molar-refractivity contribution in [3.8, 4) is 0 Å². The predicted octanol–water partition coefficient (Wildman–Crippen LogP) is 4.72. The lowest BCUT2D eigenvalue weighted by Gasteiger charge is -2.36. The SMILES string of the molecule is CCn1c(C(=O)N2CCN(c3ccc(F)cc3)CC2)c(C)c2cc(Cl)ccc21. The van der Waals surface area contributed by atoms with Crippen molar-refractivity contribution in [1.29, 1.82) is 0 Å². The number of aromatic nitrogens is 1. The molecule has 6 heteroatoms. The van der Waals surface area contributed by atoms with Crippen LogP contribution >= 0.6 is 11.6 Å². The first kappa shape index (κ1) is 18.8. The van der Waals surface area contributed by atoms with Crippen molar-refractivity contribution in [3.05, 3.63) is 64.6 Å². The van der Waals surface area contributed by atoms with Crippen LogP contribution in [0.2, 0.25) is 5.02 Å². The Labute approximate surface area is 169 Å². The van der Waals surface area contributed by atoms with E-state index in [0.717, 1.165) is 47.5 Å². The number of hydrogen-bond donors (Lipinski definition) is 0. The van der Waals surface area contributed by atoms with Crippen LogP contribution in [0.15, 0.2) is 42.5 Å². The largest absolute Gasteiger partial charge is 0.368 e. The molecule has 0 radical (unpaired) electrons. The van der Waals surface area contributed by atoms with Crippen LogP contribution in [0.3, 0.4) is 0 Å². The summed E-state index contributed by atoms with van der Waals surface area (Å²) < 4.78 is 15.2. The highest BCUT2D eigenvalue weighted by molar-refractivity contribution is 6.31. The molecule has 0 N–H and O–H groups in total. The average molecular weight is 400 g/mol. The van der Waals surface area contributed by atoms with E-state index in [9.17, 15) is 9.18 Å². The Kier molecular flexibility index (Phi) is 5.02. The van der Waals surface area contributed by atoms with Gasteiger partial charge in [-0.25, -0.2) is 4.39 Å². The van der Waals surface area contributed by atoms with Gasteiger partial charge in [0.1, 0.15) is 11.5 Å². The molecule has 0 bridgehead atoms. The smallest absolute Gasteiger partial charge is 0.270 e. The van der Waals surface area contributed by atoms with Gasteiger partial charge in [0.05, 0.1) is 0 Å². The van der Waals surface area contributed by atoms with E-state index in [1.165, 1.54) is 12.1 Å². The molecule has 2 aromatic carbocycles. The fourth-order valence-corrected chi connectivity index (χ4v) is 4.24. The molecule has 0 spiro atoms. The Morgan fingerprint density at radius 2 is 1.75 bits per heavy atom. The summed E-state index contributed by atoms with van der Waals surface area (Å²) in [6, 6.07) is 12.3. The van der Waals surface area contributed by atoms with Gasteiger partial charge in [0.2, 0.25) is 0 Å². The van der Waals surface area contributed by atoms with Gasteiger partial charge in [-0.1, -0.05) is 11.6 Å². The van der Waals surface area contributed by atoms with E-state index >= 15 is 0 Å². The van der Waals surface area contributed by atoms with Gasteiger partial charge >= 0.3 is 0 Å². The minimum atomic E-state index is -0.236. The molecule has 0 aliphatic carbocycles. The summed E-state index contributed by atoms with van der Waals surface area (Å²) in [5.41, 5.74) is 3.75. The minimum Gasteiger partial charge on any atom is -0.368 e. The summed E-state index contributed by atoms with van der Waals surface area (Å²) in [5.74, 6) is -0.175. The summed E-state index contributed by atoms with van der Waals surface area (Å²) in [4.78, 5) is 17.4. The van der Waals surface area contributed by atoms with Crippen molar-refractivity contribution in [3.63, 3.8) is 0 Å². The zero-order valence-electron chi connectivity index (χ0n) is 16.1. The molecule has 1 aromatic heterocycles. The lowest BCUT2D eigenvalue weighted by molar-refractivity contribution is 0.0736. The highest BCUT2D eigenvalue weighted by atomic mass is 35.5. The molecule has 1 saturated heterocycles. The maximum atomic E-state index is 13.3. The summed E-state index contributed by atoms with van der Waals surface area (Å²) in [6.45, 7) is 7.51. The summed E-state index contributed by atoms with van der Waals surface area (Å²) in [6.07, 6.45) is 0. The molecule has 0 atom stereocenters. The first-order chi connectivity index (χ1) is 13.5. The number of aryl methyl sites for hydroxylation is 2. The Morgan fingerprint density at radius 3 is 2.39 bits per heavy atom. The van der Waals surface area contributed by atoms with Gasteiger partial charge in [-0.3, -0.25) is 4.79 Å². The fraction of sp³-hybridized carbons (Fsp3) is 0.318. The molecule has 28 heavy (non-hydrogen) atoms. The number of halogens is 2. The standard InChI is InChI=1S/C22H23ClFN3O/c1-3-27-20-9-4-16(23)14-19(20)15(2)21(27)22(28)26-12-10-25(11-13-26)18-7-5-17(24)6-8-18/h4-9,14H,3,10-13H2,1-2H3. The van der Waals surface area contributed by atoms with Crippen molar-refractivity contribution in [2.45, 2.75) is 20.4 Å². The number of nitrogens with zero attached hydrogens (tertiary/aromatic N) is 3. The second-order valence-corrected chi connectivity index (χ2v) is 7.57. The molecule has 2 heterocycles. The van der Waals surface area contributed by atoms with Crippen molar-refractivity contribution in [1.82, 2.24) is 9.47 Å². The topological polar surface area (TPSA) is 28.5 Å². The zero-order chi connectivity index (χ0) is 19.8. The van der Waals surface area contributed by atoms with Gasteiger partial charge in [0.15, 0.2) is 0 Å². The van der Waals surface area contributed by atoms with Crippen LogP contribution in [0.1, 0.15) is 23.0 Å². The molecule has 4 nitrogen and oxygen atoms in total. The van der Waals surface area contributed by atoms with E-state index in [4.69, 9.17) is 11.6 Å². The molecule has 0 saturated carbocycles. The third kappa shape index (κ3) is 3.24. The van der Waals surface area contributed by atoms with Crippen molar-refractivity contribution in [2.24, 2.45) is 0 Å². The first-order valence-corrected chi connectivity index (χ1v) is 9.95. The average Bonchev–Trinajstić information content (AvgIpc) is 2.99. The van der Waals surface area contributed by atoms with Gasteiger partial charge in [0.25, 0.3) is 5.91 Å². The fourth-order valence-electron chi connectivity index (χ4n) is 4.07. The van der Waals surface area contributed by atoms with Crippen LogP contribution in [0.25, 0.3) is 10.9 Å². The second-order valence-electron chi connectivity index (χ2n) is 7.14. The Morgan fingerprint density at radius 1 is 1.07 bits per heavy atom. The Bertz CT molecular complexity index is 1020. The Hall–Kier alpha value is -2.53. The van der Waals surface area contributed by atoms with Gasteiger partial charge in [-0.2, -0.15) is 0 Å². The van der Waals surface area contributed by atoms with Crippen LogP contribution in [-0.4, -0.2) is 41.6 Å². The number of amides is 1. The van der Waals surface area contributed by atoms with E-state index in [1.54, 1.807) is 12.1 Å². The third-order valence-electron chi connectivity index (χ3n) is 5.56. The summed E-state index contributed by atoms with van der Waals surface area (Å²) >= 11 is 6.17. The highest BCUT2D eigenvalue weighted by Gasteiger charge is 2.27. The zero-order valence-corrected chi connectivity index (χ0v) is 16.8. The molecular weight excluding hydrogens is 377 g/mol. The number of anilines is 1. The van der Waals surface area contributed by atoms with E-state index in [-0.39, 0.29) is 11.7 Å². The van der Waals surface area contributed by atoms with Gasteiger partial charge in [0, 0.05) is 54.3 Å². The molecule has 1 fully saturated rings. The monoisotopic (exact) mass is 399 g/mol. The van der Waals surface area contributed by atoms with Crippen molar-refractivity contribution in [2.75, 3.05) is 31.1 Å². The number of carbonyl (C=O) groups is 1. The van der Waals surface area contributed by atoms with Crippen molar-refractivity contribution >= 4 is 34.1 Å². The number of rotatable bonds is 3. The number of hydrogen-bond acceptors (Lipinski definition) is 2. The van der Waals surface area contributed by atoms with Crippen LogP contribution < -0.4 is 4.90 Å². The first-order valence-electron chi connectivity index (χ1n) is 9.57. The maximum absolute atomic E-state index is 13.3. The molecule has 1 aliphatic rings. The molecule has 0 unspecified atom stereocenters. The maximum Gasteiger partial charge on any atom is 0.270 e. The summed E-state index contributed by atoms with van der Waals surface area (Å²) in [5, 5.41) is 1.71. The number of piperazine rings is 1. The number of carbonyl (C=O) groups excluding carboxylic acids is 1. The van der Waals surface area contributed by atoms with Crippen LogP contribution in [0.4, 0.5) is 10.1 Å². The third-order valence-corrected chi connectivity index (χ3v) is 5.79. The second kappa shape index (κ2) is 7.47. The quantitative estimate of drug-likeness (QED) is 0.637. The van der Waals surface area contributed by atoms with Gasteiger partial charge in [-0.05, 0) is 61.9 Å². The highest BCUT2D eigenvalue weighted by Crippen LogP contribution is 2.29. The van der Waals surface area contributed by atoms with E-state index in [1.807, 2.05) is 30.0 Å². The molecular formula is C22H23ClFN3O. The van der Waals surface area contributed by atoms with Crippen molar-refractivity contribution < 1.29 is 9.18 Å². The molecule has 1 aliphatic heterocycles. The summed E-state index contributed by atoms with van der Waals surface area (Å²) in [7, 11) is 0. The molecule has 3 aromatic rings. The molecule has 4 rings (SSSR count).